The van der Waals surface area contributed by atoms with Crippen LogP contribution in [0.1, 0.15) is 29.7 Å². The molecule has 0 radical (unpaired) electrons. The molecule has 4 nitrogen and oxygen atoms in total. The van der Waals surface area contributed by atoms with Crippen molar-refractivity contribution in [1.29, 1.82) is 0 Å². The fourth-order valence-electron chi connectivity index (χ4n) is 2.78. The van der Waals surface area contributed by atoms with Gasteiger partial charge in [-0.25, -0.2) is 8.78 Å². The zero-order chi connectivity index (χ0) is 20.6. The van der Waals surface area contributed by atoms with Crippen molar-refractivity contribution < 1.29 is 13.6 Å². The van der Waals surface area contributed by atoms with Gasteiger partial charge in [-0.05, 0) is 60.5 Å². The Hall–Kier alpha value is -3.54. The van der Waals surface area contributed by atoms with Crippen molar-refractivity contribution in [3.63, 3.8) is 0 Å². The van der Waals surface area contributed by atoms with Crippen LogP contribution in [0.15, 0.2) is 73.1 Å². The highest BCUT2D eigenvalue weighted by Gasteiger charge is 2.09. The minimum atomic E-state index is -0.587. The number of rotatable bonds is 7. The van der Waals surface area contributed by atoms with Gasteiger partial charge in [-0.3, -0.25) is 9.78 Å². The van der Waals surface area contributed by atoms with Gasteiger partial charge in [-0.15, -0.1) is 0 Å². The summed E-state index contributed by atoms with van der Waals surface area (Å²) in [6.07, 6.45) is 5.98. The van der Waals surface area contributed by atoms with E-state index in [1.807, 2.05) is 43.3 Å². The minimum Gasteiger partial charge on any atom is -0.381 e. The summed E-state index contributed by atoms with van der Waals surface area (Å²) in [6, 6.07) is 14.4. The molecule has 1 amide bonds. The monoisotopic (exact) mass is 393 g/mol. The van der Waals surface area contributed by atoms with Gasteiger partial charge in [0.05, 0.1) is 6.04 Å². The van der Waals surface area contributed by atoms with Gasteiger partial charge >= 0.3 is 0 Å². The lowest BCUT2D eigenvalue weighted by Gasteiger charge is -2.15. The van der Waals surface area contributed by atoms with Crippen molar-refractivity contribution in [2.45, 2.75) is 19.5 Å². The second-order valence-corrected chi connectivity index (χ2v) is 6.57. The van der Waals surface area contributed by atoms with Gasteiger partial charge in [0.15, 0.2) is 0 Å². The highest BCUT2D eigenvalue weighted by atomic mass is 19.1. The number of nitrogens with one attached hydrogen (secondary N) is 2. The third-order valence-electron chi connectivity index (χ3n) is 4.34. The number of carbonyl (C=O) groups is 1. The van der Waals surface area contributed by atoms with Gasteiger partial charge in [0, 0.05) is 36.3 Å². The molecule has 0 aliphatic rings. The number of nitrogens with zero attached hydrogens (tertiary/aromatic N) is 1. The summed E-state index contributed by atoms with van der Waals surface area (Å²) in [4.78, 5) is 16.2. The number of pyridine rings is 1. The molecule has 0 fully saturated rings. The number of hydrogen-bond donors (Lipinski definition) is 2. The van der Waals surface area contributed by atoms with Crippen LogP contribution in [0.25, 0.3) is 6.08 Å². The summed E-state index contributed by atoms with van der Waals surface area (Å²) in [5.41, 5.74) is 2.92. The van der Waals surface area contributed by atoms with E-state index in [-0.39, 0.29) is 11.6 Å². The molecule has 0 saturated carbocycles. The molecule has 1 unspecified atom stereocenters. The Morgan fingerprint density at radius 2 is 2.00 bits per heavy atom. The first-order chi connectivity index (χ1) is 14.0. The molecule has 6 heteroatoms. The van der Waals surface area contributed by atoms with E-state index in [1.54, 1.807) is 12.4 Å². The molecule has 1 heterocycles. The highest BCUT2D eigenvalue weighted by molar-refractivity contribution is 5.92. The zero-order valence-corrected chi connectivity index (χ0v) is 15.9. The topological polar surface area (TPSA) is 54.0 Å². The molecule has 3 aromatic rings. The standard InChI is InChI=1S/C23H21F2N3O/c1-16(28-23(29)10-7-19-12-20(24)8-9-22(19)25)18-5-2-6-21(13-18)27-15-17-4-3-11-26-14-17/h2-14,16,27H,15H2,1H3,(H,28,29). The Morgan fingerprint density at radius 1 is 1.14 bits per heavy atom. The average Bonchev–Trinajstić information content (AvgIpc) is 2.74. The average molecular weight is 393 g/mol. The van der Waals surface area contributed by atoms with Crippen LogP contribution >= 0.6 is 0 Å². The summed E-state index contributed by atoms with van der Waals surface area (Å²) >= 11 is 0. The number of halogens is 2. The molecular formula is C23H21F2N3O. The molecule has 0 aliphatic carbocycles. The number of amides is 1. The van der Waals surface area contributed by atoms with Crippen LogP contribution in [0.5, 0.6) is 0 Å². The van der Waals surface area contributed by atoms with Crippen LogP contribution < -0.4 is 10.6 Å². The van der Waals surface area contributed by atoms with Crippen LogP contribution in [-0.4, -0.2) is 10.9 Å². The quantitative estimate of drug-likeness (QED) is 0.564. The van der Waals surface area contributed by atoms with E-state index >= 15 is 0 Å². The summed E-state index contributed by atoms with van der Waals surface area (Å²) in [5.74, 6) is -1.54. The number of aromatic nitrogens is 1. The summed E-state index contributed by atoms with van der Waals surface area (Å²) in [6.45, 7) is 2.49. The normalized spacial score (nSPS) is 12.0. The first-order valence-corrected chi connectivity index (χ1v) is 9.17. The number of carbonyl (C=O) groups excluding carboxylic acids is 1. The molecule has 2 N–H and O–H groups in total. The molecule has 1 aromatic heterocycles. The lowest BCUT2D eigenvalue weighted by Crippen LogP contribution is -2.24. The van der Waals surface area contributed by atoms with Gasteiger partial charge in [-0.2, -0.15) is 0 Å². The number of anilines is 1. The lowest BCUT2D eigenvalue weighted by molar-refractivity contribution is -0.117. The second kappa shape index (κ2) is 9.59. The fourth-order valence-corrected chi connectivity index (χ4v) is 2.78. The third-order valence-corrected chi connectivity index (χ3v) is 4.34. The zero-order valence-electron chi connectivity index (χ0n) is 15.9. The molecule has 1 atom stereocenters. The van der Waals surface area contributed by atoms with Gasteiger partial charge in [0.25, 0.3) is 0 Å². The molecule has 3 rings (SSSR count). The Labute approximate surface area is 168 Å². The van der Waals surface area contributed by atoms with Crippen molar-refractivity contribution in [2.75, 3.05) is 5.32 Å². The van der Waals surface area contributed by atoms with E-state index < -0.39 is 17.5 Å². The lowest BCUT2D eigenvalue weighted by atomic mass is 10.1. The van der Waals surface area contributed by atoms with Gasteiger partial charge < -0.3 is 10.6 Å². The SMILES string of the molecule is CC(NC(=O)C=Cc1cc(F)ccc1F)c1cccc(NCc2cccnc2)c1. The molecule has 29 heavy (non-hydrogen) atoms. The third kappa shape index (κ3) is 5.97. The van der Waals surface area contributed by atoms with E-state index in [2.05, 4.69) is 15.6 Å². The van der Waals surface area contributed by atoms with Gasteiger partial charge in [0.2, 0.25) is 5.91 Å². The van der Waals surface area contributed by atoms with E-state index in [0.717, 1.165) is 35.0 Å². The van der Waals surface area contributed by atoms with Crippen molar-refractivity contribution in [3.05, 3.63) is 101 Å². The van der Waals surface area contributed by atoms with Crippen LogP contribution in [0, 0.1) is 11.6 Å². The smallest absolute Gasteiger partial charge is 0.244 e. The van der Waals surface area contributed by atoms with Crippen LogP contribution in [0.4, 0.5) is 14.5 Å². The molecule has 0 saturated heterocycles. The maximum Gasteiger partial charge on any atom is 0.244 e. The maximum absolute atomic E-state index is 13.6. The molecule has 0 bridgehead atoms. The van der Waals surface area contributed by atoms with Crippen molar-refractivity contribution in [3.8, 4) is 0 Å². The molecule has 0 aliphatic heterocycles. The van der Waals surface area contributed by atoms with E-state index in [4.69, 9.17) is 0 Å². The van der Waals surface area contributed by atoms with Crippen LogP contribution in [-0.2, 0) is 11.3 Å². The Balaban J connectivity index is 1.59. The van der Waals surface area contributed by atoms with E-state index in [9.17, 15) is 13.6 Å². The molecular weight excluding hydrogens is 372 g/mol. The number of hydrogen-bond acceptors (Lipinski definition) is 3. The number of benzene rings is 2. The summed E-state index contributed by atoms with van der Waals surface area (Å²) < 4.78 is 26.8. The van der Waals surface area contributed by atoms with Crippen molar-refractivity contribution in [1.82, 2.24) is 10.3 Å². The Bertz CT molecular complexity index is 1010. The summed E-state index contributed by atoms with van der Waals surface area (Å²) in [7, 11) is 0. The van der Waals surface area contributed by atoms with Gasteiger partial charge in [0.1, 0.15) is 11.6 Å². The largest absolute Gasteiger partial charge is 0.381 e. The van der Waals surface area contributed by atoms with Crippen molar-refractivity contribution >= 4 is 17.7 Å². The first-order valence-electron chi connectivity index (χ1n) is 9.17. The Kier molecular flexibility index (Phi) is 6.68. The summed E-state index contributed by atoms with van der Waals surface area (Å²) in [5, 5.41) is 6.15. The molecule has 148 valence electrons. The predicted octanol–water partition coefficient (Wildman–Crippen LogP) is 4.86. The van der Waals surface area contributed by atoms with E-state index in [0.29, 0.717) is 6.54 Å². The van der Waals surface area contributed by atoms with E-state index in [1.165, 1.54) is 12.2 Å². The fraction of sp³-hybridized carbons (Fsp3) is 0.130. The second-order valence-electron chi connectivity index (χ2n) is 6.57. The minimum absolute atomic E-state index is 0.0226. The van der Waals surface area contributed by atoms with Crippen LogP contribution in [0.3, 0.4) is 0 Å². The predicted molar refractivity (Wildman–Crippen MR) is 110 cm³/mol. The van der Waals surface area contributed by atoms with Crippen molar-refractivity contribution in [2.24, 2.45) is 0 Å². The Morgan fingerprint density at radius 3 is 2.79 bits per heavy atom. The maximum atomic E-state index is 13.6. The first kappa shape index (κ1) is 20.2. The van der Waals surface area contributed by atoms with Crippen LogP contribution in [0.2, 0.25) is 0 Å². The highest BCUT2D eigenvalue weighted by Crippen LogP contribution is 2.18. The molecule has 2 aromatic carbocycles. The van der Waals surface area contributed by atoms with Gasteiger partial charge in [-0.1, -0.05) is 18.2 Å². The molecule has 0 spiro atoms.